The molecule has 2 aromatic carbocycles. The molecule has 1 aliphatic carbocycles. The first kappa shape index (κ1) is 42.2. The Bertz CT molecular complexity index is 1930. The lowest BCUT2D eigenvalue weighted by molar-refractivity contribution is -0.138. The Morgan fingerprint density at radius 2 is 1.67 bits per heavy atom. The van der Waals surface area contributed by atoms with Crippen molar-refractivity contribution in [2.45, 2.75) is 115 Å². The summed E-state index contributed by atoms with van der Waals surface area (Å²) in [6.45, 7) is 12.6. The standard InChI is InChI=1S/C41H50F3N7O5S/c1-25-22-48(23-26(2)49(25)24-35(53)46-29-9-7-28(8-10-29)40(5)17-16-34(52)47-36(40)54)18-19-56-32-14-12-30(13-15-32)51-38(57)50(37(55)39(51,3)4)31-11-6-27(21-45)33(20-31)41(42,43)44/h6-11,20,25-26,30,32H,12-19,22-24H2,1-5H3,(H,46,53)(H,47,52,54)/t25-,26+,30-,32-,40-/m1/s1. The summed E-state index contributed by atoms with van der Waals surface area (Å²) >= 11 is 5.74. The fourth-order valence-corrected chi connectivity index (χ4v) is 9.37. The predicted octanol–water partition coefficient (Wildman–Crippen LogP) is 5.34. The number of hydrogen-bond donors (Lipinski definition) is 2. The number of carbonyl (C=O) groups is 4. The minimum atomic E-state index is -4.76. The summed E-state index contributed by atoms with van der Waals surface area (Å²) < 4.78 is 47.5. The average molecular weight is 810 g/mol. The highest BCUT2D eigenvalue weighted by Gasteiger charge is 2.53. The van der Waals surface area contributed by atoms with Crippen LogP contribution in [0.15, 0.2) is 42.5 Å². The van der Waals surface area contributed by atoms with Gasteiger partial charge < -0.3 is 15.0 Å². The van der Waals surface area contributed by atoms with Crippen LogP contribution in [0.25, 0.3) is 0 Å². The Labute approximate surface area is 336 Å². The molecule has 6 rings (SSSR count). The van der Waals surface area contributed by atoms with E-state index in [0.717, 1.165) is 55.1 Å². The number of nitrogens with one attached hydrogen (secondary N) is 2. The van der Waals surface area contributed by atoms with E-state index < -0.39 is 34.2 Å². The van der Waals surface area contributed by atoms with Crippen LogP contribution in [-0.4, -0.2) is 106 Å². The number of piperidine rings is 1. The van der Waals surface area contributed by atoms with Crippen LogP contribution in [0.2, 0.25) is 0 Å². The number of amides is 4. The highest BCUT2D eigenvalue weighted by molar-refractivity contribution is 7.80. The maximum atomic E-state index is 13.7. The molecule has 4 amide bonds. The van der Waals surface area contributed by atoms with Crippen molar-refractivity contribution < 1.29 is 37.1 Å². The zero-order valence-corrected chi connectivity index (χ0v) is 33.8. The summed E-state index contributed by atoms with van der Waals surface area (Å²) in [7, 11) is 0. The van der Waals surface area contributed by atoms with Crippen molar-refractivity contribution in [2.24, 2.45) is 0 Å². The first-order valence-electron chi connectivity index (χ1n) is 19.5. The number of nitriles is 1. The van der Waals surface area contributed by atoms with Gasteiger partial charge in [-0.15, -0.1) is 0 Å². The van der Waals surface area contributed by atoms with Gasteiger partial charge in [-0.1, -0.05) is 12.1 Å². The van der Waals surface area contributed by atoms with Gasteiger partial charge in [-0.05, 0) is 115 Å². The Balaban J connectivity index is 0.947. The lowest BCUT2D eigenvalue weighted by Crippen LogP contribution is -2.58. The van der Waals surface area contributed by atoms with Gasteiger partial charge in [0.05, 0.1) is 47.6 Å². The second-order valence-corrected chi connectivity index (χ2v) is 16.8. The van der Waals surface area contributed by atoms with Gasteiger partial charge in [0.15, 0.2) is 5.11 Å². The number of benzene rings is 2. The van der Waals surface area contributed by atoms with Crippen molar-refractivity contribution in [1.82, 2.24) is 20.0 Å². The first-order chi connectivity index (χ1) is 26.8. The van der Waals surface area contributed by atoms with Crippen molar-refractivity contribution >= 4 is 52.3 Å². The van der Waals surface area contributed by atoms with Gasteiger partial charge >= 0.3 is 6.18 Å². The van der Waals surface area contributed by atoms with Gasteiger partial charge in [0.2, 0.25) is 17.7 Å². The van der Waals surface area contributed by atoms with Crippen LogP contribution in [-0.2, 0) is 35.5 Å². The second kappa shape index (κ2) is 16.4. The van der Waals surface area contributed by atoms with Gasteiger partial charge in [-0.3, -0.25) is 39.2 Å². The summed E-state index contributed by atoms with van der Waals surface area (Å²) in [6.07, 6.45) is -1.12. The molecule has 3 aliphatic heterocycles. The molecular weight excluding hydrogens is 760 g/mol. The van der Waals surface area contributed by atoms with E-state index in [1.807, 2.05) is 24.0 Å². The summed E-state index contributed by atoms with van der Waals surface area (Å²) in [5.74, 6) is -1.11. The number of ether oxygens (including phenoxy) is 1. The summed E-state index contributed by atoms with van der Waals surface area (Å²) in [5, 5.41) is 14.8. The average Bonchev–Trinajstić information content (AvgIpc) is 3.33. The number of imide groups is 1. The maximum absolute atomic E-state index is 13.7. The summed E-state index contributed by atoms with van der Waals surface area (Å²) in [6, 6.07) is 12.2. The molecule has 0 radical (unpaired) electrons. The number of halogens is 3. The highest BCUT2D eigenvalue weighted by atomic mass is 32.1. The molecule has 0 aromatic heterocycles. The summed E-state index contributed by atoms with van der Waals surface area (Å²) in [4.78, 5) is 58.4. The first-order valence-corrected chi connectivity index (χ1v) is 19.9. The molecule has 12 nitrogen and oxygen atoms in total. The van der Waals surface area contributed by atoms with Crippen molar-refractivity contribution in [2.75, 3.05) is 43.0 Å². The number of anilines is 2. The molecule has 1 saturated carbocycles. The van der Waals surface area contributed by atoms with Gasteiger partial charge in [-0.2, -0.15) is 18.4 Å². The molecule has 3 saturated heterocycles. The Kier molecular flexibility index (Phi) is 12.2. The zero-order valence-electron chi connectivity index (χ0n) is 32.9. The number of piperazine rings is 1. The fraction of sp³-hybridized carbons (Fsp3) is 0.561. The molecule has 306 valence electrons. The molecule has 0 bridgehead atoms. The van der Waals surface area contributed by atoms with E-state index in [4.69, 9.17) is 17.0 Å². The summed E-state index contributed by atoms with van der Waals surface area (Å²) in [5.41, 5.74) is -2.08. The van der Waals surface area contributed by atoms with E-state index >= 15 is 0 Å². The molecule has 4 fully saturated rings. The van der Waals surface area contributed by atoms with Crippen LogP contribution in [0.1, 0.15) is 89.8 Å². The minimum Gasteiger partial charge on any atom is -0.377 e. The van der Waals surface area contributed by atoms with Gasteiger partial charge in [-0.25, -0.2) is 0 Å². The van der Waals surface area contributed by atoms with Crippen molar-refractivity contribution in [3.63, 3.8) is 0 Å². The fourth-order valence-electron chi connectivity index (χ4n) is 8.80. The molecule has 16 heteroatoms. The molecule has 4 aliphatic rings. The Morgan fingerprint density at radius 3 is 2.26 bits per heavy atom. The lowest BCUT2D eigenvalue weighted by atomic mass is 9.75. The third kappa shape index (κ3) is 8.72. The van der Waals surface area contributed by atoms with E-state index in [9.17, 15) is 37.6 Å². The topological polar surface area (TPSA) is 138 Å². The van der Waals surface area contributed by atoms with Crippen LogP contribution in [0.5, 0.6) is 0 Å². The van der Waals surface area contributed by atoms with Crippen molar-refractivity contribution in [3.8, 4) is 6.07 Å². The quantitative estimate of drug-likeness (QED) is 0.239. The molecule has 3 atom stereocenters. The number of carbonyl (C=O) groups excluding carboxylic acids is 4. The van der Waals surface area contributed by atoms with Crippen LogP contribution in [0, 0.1) is 11.3 Å². The number of thiocarbonyl (C=S) groups is 1. The highest BCUT2D eigenvalue weighted by Crippen LogP contribution is 2.41. The van der Waals surface area contributed by atoms with Crippen molar-refractivity contribution in [1.29, 1.82) is 5.26 Å². The maximum Gasteiger partial charge on any atom is 0.417 e. The van der Waals surface area contributed by atoms with E-state index in [0.29, 0.717) is 31.6 Å². The Morgan fingerprint density at radius 1 is 1.02 bits per heavy atom. The number of rotatable bonds is 10. The third-order valence-electron chi connectivity index (χ3n) is 12.1. The number of nitrogens with zero attached hydrogens (tertiary/aromatic N) is 5. The van der Waals surface area contributed by atoms with Crippen LogP contribution in [0.4, 0.5) is 24.5 Å². The molecule has 2 N–H and O–H groups in total. The number of alkyl halides is 3. The second-order valence-electron chi connectivity index (χ2n) is 16.5. The minimum absolute atomic E-state index is 0.0122. The molecule has 2 aromatic rings. The molecule has 3 heterocycles. The van der Waals surface area contributed by atoms with E-state index in [1.165, 1.54) is 6.07 Å². The lowest BCUT2D eigenvalue weighted by Gasteiger charge is -2.44. The van der Waals surface area contributed by atoms with Crippen LogP contribution in [0.3, 0.4) is 0 Å². The van der Waals surface area contributed by atoms with Gasteiger partial charge in [0.25, 0.3) is 5.91 Å². The number of hydrogen-bond acceptors (Lipinski definition) is 9. The van der Waals surface area contributed by atoms with Gasteiger partial charge in [0, 0.05) is 49.9 Å². The third-order valence-corrected chi connectivity index (χ3v) is 12.5. The predicted molar refractivity (Wildman–Crippen MR) is 211 cm³/mol. The van der Waals surface area contributed by atoms with E-state index in [1.54, 1.807) is 32.0 Å². The molecule has 57 heavy (non-hydrogen) atoms. The normalized spacial score (nSPS) is 27.4. The van der Waals surface area contributed by atoms with E-state index in [-0.39, 0.29) is 65.7 Å². The van der Waals surface area contributed by atoms with Crippen LogP contribution >= 0.6 is 12.2 Å². The van der Waals surface area contributed by atoms with E-state index in [2.05, 4.69) is 34.3 Å². The largest absolute Gasteiger partial charge is 0.417 e. The zero-order chi connectivity index (χ0) is 41.4. The monoisotopic (exact) mass is 809 g/mol. The molecular formula is C41H50F3N7O5S. The molecule has 0 spiro atoms. The molecule has 0 unspecified atom stereocenters. The van der Waals surface area contributed by atoms with Crippen molar-refractivity contribution in [3.05, 3.63) is 59.2 Å². The van der Waals surface area contributed by atoms with Crippen LogP contribution < -0.4 is 15.5 Å². The van der Waals surface area contributed by atoms with Gasteiger partial charge in [0.1, 0.15) is 5.54 Å². The smallest absolute Gasteiger partial charge is 0.377 e. The SMILES string of the molecule is C[C@@H]1CN(CCO[C@H]2CC[C@H](N3C(=S)N(c4ccc(C#N)c(C(F)(F)F)c4)C(=O)C3(C)C)CC2)C[C@H](C)N1CC(=O)Nc1ccc([C@@]2(C)CCC(=O)NC2=O)cc1. The Hall–Kier alpha value is -4.43.